The zero-order chi connectivity index (χ0) is 25.1. The monoisotopic (exact) mass is 496 g/mol. The van der Waals surface area contributed by atoms with Gasteiger partial charge in [-0.05, 0) is 37.0 Å². The second-order valence-corrected chi connectivity index (χ2v) is 10.3. The number of rotatable bonds is 3. The highest BCUT2D eigenvalue weighted by atomic mass is 16.5. The maximum atomic E-state index is 13.9. The van der Waals surface area contributed by atoms with E-state index in [0.29, 0.717) is 54.7 Å². The van der Waals surface area contributed by atoms with Crippen LogP contribution in [0.2, 0.25) is 0 Å². The number of furan rings is 1. The summed E-state index contributed by atoms with van der Waals surface area (Å²) in [6.07, 6.45) is 3.86. The second-order valence-electron chi connectivity index (χ2n) is 10.3. The van der Waals surface area contributed by atoms with Crippen molar-refractivity contribution in [2.75, 3.05) is 49.1 Å². The zero-order valence-electron chi connectivity index (χ0n) is 20.8. The number of anilines is 2. The molecule has 2 fully saturated rings. The Labute approximate surface area is 214 Å². The van der Waals surface area contributed by atoms with Crippen molar-refractivity contribution in [3.63, 3.8) is 0 Å². The number of carbonyl (C=O) groups excluding carboxylic acids is 2. The van der Waals surface area contributed by atoms with Crippen LogP contribution >= 0.6 is 0 Å². The van der Waals surface area contributed by atoms with Crippen molar-refractivity contribution in [2.45, 2.75) is 19.8 Å². The first kappa shape index (κ1) is 22.2. The Bertz CT molecular complexity index is 1510. The van der Waals surface area contributed by atoms with E-state index in [2.05, 4.69) is 27.9 Å². The Kier molecular flexibility index (Phi) is 5.09. The lowest BCUT2D eigenvalue weighted by atomic mass is 9.85. The molecule has 188 valence electrons. The van der Waals surface area contributed by atoms with Crippen molar-refractivity contribution in [3.8, 4) is 11.3 Å². The fourth-order valence-corrected chi connectivity index (χ4v) is 6.13. The Morgan fingerprint density at radius 2 is 1.78 bits per heavy atom. The molecule has 3 aliphatic rings. The highest BCUT2D eigenvalue weighted by Gasteiger charge is 2.36. The van der Waals surface area contributed by atoms with Gasteiger partial charge in [-0.1, -0.05) is 36.3 Å². The molecule has 0 N–H and O–H groups in total. The molecule has 4 aromatic rings. The number of fused-ring (bicyclic) bond motifs is 2. The van der Waals surface area contributed by atoms with Gasteiger partial charge in [0.1, 0.15) is 5.52 Å². The average Bonchev–Trinajstić information content (AvgIpc) is 3.62. The van der Waals surface area contributed by atoms with E-state index < -0.39 is 0 Å². The highest BCUT2D eigenvalue weighted by Crippen LogP contribution is 2.47. The molecule has 1 aliphatic carbocycles. The fraction of sp³-hybridized carbons (Fsp3) is 0.345. The van der Waals surface area contributed by atoms with Crippen molar-refractivity contribution >= 4 is 34.0 Å². The number of nitrogens with zero attached hydrogens (tertiary/aromatic N) is 4. The van der Waals surface area contributed by atoms with Gasteiger partial charge >= 0.3 is 0 Å². The van der Waals surface area contributed by atoms with Crippen LogP contribution in [0.25, 0.3) is 22.2 Å². The van der Waals surface area contributed by atoms with E-state index in [4.69, 9.17) is 8.94 Å². The third-order valence-corrected chi connectivity index (χ3v) is 7.99. The molecule has 8 heteroatoms. The zero-order valence-corrected chi connectivity index (χ0v) is 20.8. The number of amides is 1. The molecule has 0 bridgehead atoms. The SMILES string of the molecule is CC1CCCN(c2cc(N3CCN(C(=O)c4ccco4)CC3)c3c4c(onc24)-c2ccccc2C3=O)C1. The molecule has 1 atom stereocenters. The van der Waals surface area contributed by atoms with E-state index in [-0.39, 0.29) is 11.7 Å². The van der Waals surface area contributed by atoms with Gasteiger partial charge < -0.3 is 23.6 Å². The largest absolute Gasteiger partial charge is 0.459 e. The average molecular weight is 497 g/mol. The summed E-state index contributed by atoms with van der Waals surface area (Å²) in [5.74, 6) is 1.51. The minimum atomic E-state index is -0.101. The van der Waals surface area contributed by atoms with Gasteiger partial charge in [-0.2, -0.15) is 0 Å². The van der Waals surface area contributed by atoms with Crippen LogP contribution in [0.5, 0.6) is 0 Å². The number of carbonyl (C=O) groups is 2. The lowest BCUT2D eigenvalue weighted by molar-refractivity contribution is 0.0714. The van der Waals surface area contributed by atoms with Crippen LogP contribution in [0.1, 0.15) is 46.2 Å². The molecule has 2 aliphatic heterocycles. The van der Waals surface area contributed by atoms with Gasteiger partial charge in [-0.25, -0.2) is 0 Å². The molecule has 37 heavy (non-hydrogen) atoms. The minimum Gasteiger partial charge on any atom is -0.459 e. The molecular weight excluding hydrogens is 468 g/mol. The van der Waals surface area contributed by atoms with E-state index in [1.54, 1.807) is 12.1 Å². The summed E-state index contributed by atoms with van der Waals surface area (Å²) in [5, 5.41) is 5.33. The first-order valence-corrected chi connectivity index (χ1v) is 13.0. The summed E-state index contributed by atoms with van der Waals surface area (Å²) in [4.78, 5) is 33.2. The molecule has 2 saturated heterocycles. The third-order valence-electron chi connectivity index (χ3n) is 7.99. The molecule has 7 rings (SSSR count). The van der Waals surface area contributed by atoms with E-state index in [9.17, 15) is 9.59 Å². The first-order valence-electron chi connectivity index (χ1n) is 13.0. The molecule has 2 aromatic carbocycles. The molecule has 4 heterocycles. The molecular formula is C29H28N4O4. The van der Waals surface area contributed by atoms with Gasteiger partial charge in [-0.15, -0.1) is 0 Å². The Balaban J connectivity index is 1.33. The number of ketones is 1. The number of hydrogen-bond acceptors (Lipinski definition) is 7. The Morgan fingerprint density at radius 1 is 0.973 bits per heavy atom. The number of benzene rings is 2. The summed E-state index contributed by atoms with van der Waals surface area (Å²) in [6.45, 7) is 6.53. The predicted octanol–water partition coefficient (Wildman–Crippen LogP) is 4.83. The minimum absolute atomic E-state index is 0.000969. The number of aromatic nitrogens is 1. The number of piperidine rings is 1. The molecule has 1 amide bonds. The van der Waals surface area contributed by atoms with Crippen LogP contribution in [-0.2, 0) is 0 Å². The maximum absolute atomic E-state index is 13.9. The summed E-state index contributed by atoms with van der Waals surface area (Å²) in [7, 11) is 0. The van der Waals surface area contributed by atoms with E-state index in [1.807, 2.05) is 29.2 Å². The summed E-state index contributed by atoms with van der Waals surface area (Å²) in [5.41, 5.74) is 4.78. The molecule has 0 saturated carbocycles. The van der Waals surface area contributed by atoms with Gasteiger partial charge in [-0.3, -0.25) is 9.59 Å². The second kappa shape index (κ2) is 8.50. The normalized spacial score (nSPS) is 19.4. The van der Waals surface area contributed by atoms with Gasteiger partial charge in [0.15, 0.2) is 17.3 Å². The molecule has 1 unspecified atom stereocenters. The van der Waals surface area contributed by atoms with Crippen molar-refractivity contribution < 1.29 is 18.5 Å². The van der Waals surface area contributed by atoms with Crippen molar-refractivity contribution in [1.29, 1.82) is 0 Å². The topological polar surface area (TPSA) is 83.0 Å². The molecule has 0 radical (unpaired) electrons. The number of piperazine rings is 1. The molecule has 2 aromatic heterocycles. The smallest absolute Gasteiger partial charge is 0.289 e. The van der Waals surface area contributed by atoms with E-state index in [1.165, 1.54) is 12.7 Å². The highest BCUT2D eigenvalue weighted by molar-refractivity contribution is 6.28. The van der Waals surface area contributed by atoms with Gasteiger partial charge in [0.2, 0.25) is 0 Å². The van der Waals surface area contributed by atoms with Crippen LogP contribution in [0, 0.1) is 5.92 Å². The summed E-state index contributed by atoms with van der Waals surface area (Å²) in [6, 6.07) is 13.2. The summed E-state index contributed by atoms with van der Waals surface area (Å²) < 4.78 is 11.3. The standard InChI is InChI=1S/C29H28N4O4/c1-18-6-4-10-33(17-18)22-16-21(31-11-13-32(14-12-31)29(35)23-9-5-15-36-23)24-25-26(22)30-37-28(25)20-8-3-2-7-19(20)27(24)34/h2-3,5,7-9,15-16,18H,4,6,10-14,17H2,1H3. The maximum Gasteiger partial charge on any atom is 0.289 e. The van der Waals surface area contributed by atoms with Crippen molar-refractivity contribution in [2.24, 2.45) is 5.92 Å². The number of hydrogen-bond donors (Lipinski definition) is 0. The van der Waals surface area contributed by atoms with E-state index in [0.717, 1.165) is 47.4 Å². The Morgan fingerprint density at radius 3 is 2.54 bits per heavy atom. The van der Waals surface area contributed by atoms with Crippen molar-refractivity contribution in [1.82, 2.24) is 10.1 Å². The van der Waals surface area contributed by atoms with Crippen LogP contribution in [0.4, 0.5) is 11.4 Å². The molecule has 8 nitrogen and oxygen atoms in total. The lowest BCUT2D eigenvalue weighted by Gasteiger charge is -2.38. The van der Waals surface area contributed by atoms with Crippen molar-refractivity contribution in [3.05, 3.63) is 65.6 Å². The van der Waals surface area contributed by atoms with Crippen LogP contribution in [-0.4, -0.2) is 61.0 Å². The molecule has 0 spiro atoms. The van der Waals surface area contributed by atoms with Gasteiger partial charge in [0.05, 0.1) is 28.6 Å². The van der Waals surface area contributed by atoms with Gasteiger partial charge in [0, 0.05) is 50.4 Å². The van der Waals surface area contributed by atoms with Crippen LogP contribution in [0.3, 0.4) is 0 Å². The quantitative estimate of drug-likeness (QED) is 0.354. The Hall–Kier alpha value is -4.07. The summed E-state index contributed by atoms with van der Waals surface area (Å²) >= 11 is 0. The van der Waals surface area contributed by atoms with E-state index >= 15 is 0 Å². The predicted molar refractivity (Wildman–Crippen MR) is 140 cm³/mol. The van der Waals surface area contributed by atoms with Crippen LogP contribution < -0.4 is 9.80 Å². The third kappa shape index (κ3) is 3.46. The first-order chi connectivity index (χ1) is 18.1. The lowest BCUT2D eigenvalue weighted by Crippen LogP contribution is -2.49. The fourth-order valence-electron chi connectivity index (χ4n) is 6.13. The van der Waals surface area contributed by atoms with Gasteiger partial charge in [0.25, 0.3) is 5.91 Å². The van der Waals surface area contributed by atoms with Crippen LogP contribution in [0.15, 0.2) is 57.7 Å².